The molecule has 0 saturated heterocycles. The topological polar surface area (TPSA) is 55.1 Å². The highest BCUT2D eigenvalue weighted by Crippen LogP contribution is 2.42. The molecule has 6 heteroatoms. The van der Waals surface area contributed by atoms with Gasteiger partial charge < -0.3 is 11.1 Å². The molecule has 0 aromatic heterocycles. The number of hydrogen-bond donors (Lipinski definition) is 2. The maximum atomic E-state index is 12.3. The summed E-state index contributed by atoms with van der Waals surface area (Å²) in [6.45, 7) is 0. The van der Waals surface area contributed by atoms with E-state index >= 15 is 0 Å². The van der Waals surface area contributed by atoms with Gasteiger partial charge in [-0.3, -0.25) is 4.79 Å². The van der Waals surface area contributed by atoms with E-state index in [1.54, 1.807) is 0 Å². The van der Waals surface area contributed by atoms with E-state index in [0.717, 1.165) is 33.9 Å². The quantitative estimate of drug-likeness (QED) is 0.774. The van der Waals surface area contributed by atoms with Gasteiger partial charge in [-0.1, -0.05) is 34.6 Å². The number of rotatable bonds is 3. The Morgan fingerprint density at radius 3 is 2.50 bits per heavy atom. The SMILES string of the molecule is NC(=S)C1(C(=O)Nc2ccc(Br)cc2Br)CCC1. The van der Waals surface area contributed by atoms with E-state index in [1.165, 1.54) is 0 Å². The molecule has 96 valence electrons. The van der Waals surface area contributed by atoms with Gasteiger partial charge >= 0.3 is 0 Å². The first-order valence-corrected chi connectivity index (χ1v) is 7.51. The zero-order valence-corrected chi connectivity index (χ0v) is 13.5. The van der Waals surface area contributed by atoms with Crippen LogP contribution in [0.3, 0.4) is 0 Å². The molecular weight excluding hydrogens is 380 g/mol. The van der Waals surface area contributed by atoms with Crippen molar-refractivity contribution in [2.45, 2.75) is 19.3 Å². The number of halogens is 2. The van der Waals surface area contributed by atoms with Gasteiger partial charge in [0.05, 0.1) is 16.1 Å². The largest absolute Gasteiger partial charge is 0.392 e. The zero-order chi connectivity index (χ0) is 13.3. The van der Waals surface area contributed by atoms with Crippen molar-refractivity contribution in [3.8, 4) is 0 Å². The Bertz CT molecular complexity index is 515. The molecule has 1 saturated carbocycles. The normalized spacial score (nSPS) is 16.8. The predicted octanol–water partition coefficient (Wildman–Crippen LogP) is 3.61. The van der Waals surface area contributed by atoms with Gasteiger partial charge in [0.15, 0.2) is 0 Å². The van der Waals surface area contributed by atoms with E-state index in [0.29, 0.717) is 4.99 Å². The van der Waals surface area contributed by atoms with Crippen LogP contribution in [0.2, 0.25) is 0 Å². The van der Waals surface area contributed by atoms with Gasteiger partial charge in [0.2, 0.25) is 5.91 Å². The minimum absolute atomic E-state index is 0.107. The molecule has 0 atom stereocenters. The highest BCUT2D eigenvalue weighted by Gasteiger charge is 2.47. The summed E-state index contributed by atoms with van der Waals surface area (Å²) in [7, 11) is 0. The third-order valence-corrected chi connectivity index (χ3v) is 4.83. The Morgan fingerprint density at radius 2 is 2.06 bits per heavy atom. The van der Waals surface area contributed by atoms with E-state index in [4.69, 9.17) is 18.0 Å². The summed E-state index contributed by atoms with van der Waals surface area (Å²) in [5, 5.41) is 2.89. The third kappa shape index (κ3) is 2.46. The highest BCUT2D eigenvalue weighted by atomic mass is 79.9. The van der Waals surface area contributed by atoms with Gasteiger partial charge in [0.25, 0.3) is 0 Å². The van der Waals surface area contributed by atoms with Crippen LogP contribution in [0.5, 0.6) is 0 Å². The predicted molar refractivity (Wildman–Crippen MR) is 83.5 cm³/mol. The average Bonchev–Trinajstić information content (AvgIpc) is 2.19. The van der Waals surface area contributed by atoms with E-state index in [1.807, 2.05) is 18.2 Å². The van der Waals surface area contributed by atoms with Gasteiger partial charge in [-0.25, -0.2) is 0 Å². The molecule has 0 aliphatic heterocycles. The lowest BCUT2D eigenvalue weighted by atomic mass is 9.68. The summed E-state index contributed by atoms with van der Waals surface area (Å²) in [6, 6.07) is 5.58. The fourth-order valence-electron chi connectivity index (χ4n) is 1.95. The summed E-state index contributed by atoms with van der Waals surface area (Å²) in [5.41, 5.74) is 5.78. The summed E-state index contributed by atoms with van der Waals surface area (Å²) in [6.07, 6.45) is 2.47. The molecule has 3 nitrogen and oxygen atoms in total. The number of hydrogen-bond acceptors (Lipinski definition) is 2. The van der Waals surface area contributed by atoms with Crippen LogP contribution in [-0.2, 0) is 4.79 Å². The second kappa shape index (κ2) is 5.27. The minimum atomic E-state index is -0.651. The number of nitrogens with two attached hydrogens (primary N) is 1. The van der Waals surface area contributed by atoms with Crippen molar-refractivity contribution < 1.29 is 4.79 Å². The Kier molecular flexibility index (Phi) is 4.08. The molecule has 1 aromatic rings. The number of amides is 1. The molecule has 0 bridgehead atoms. The van der Waals surface area contributed by atoms with Crippen molar-refractivity contribution in [1.29, 1.82) is 0 Å². The van der Waals surface area contributed by atoms with Crippen LogP contribution in [-0.4, -0.2) is 10.9 Å². The van der Waals surface area contributed by atoms with Crippen molar-refractivity contribution in [2.75, 3.05) is 5.32 Å². The summed E-state index contributed by atoms with van der Waals surface area (Å²) >= 11 is 11.8. The molecule has 1 aliphatic carbocycles. The standard InChI is InChI=1S/C12H12Br2N2OS/c13-7-2-3-9(8(14)6-7)16-11(17)12(10(15)18)4-1-5-12/h2-3,6H,1,4-5H2,(H2,15,18)(H,16,17). The van der Waals surface area contributed by atoms with Crippen LogP contribution in [0, 0.1) is 5.41 Å². The third-order valence-electron chi connectivity index (χ3n) is 3.29. The molecule has 0 radical (unpaired) electrons. The molecule has 1 fully saturated rings. The van der Waals surface area contributed by atoms with Crippen molar-refractivity contribution in [1.82, 2.24) is 0 Å². The number of carbonyl (C=O) groups excluding carboxylic acids is 1. The lowest BCUT2D eigenvalue weighted by Crippen LogP contribution is -2.50. The number of thiocarbonyl (C=S) groups is 1. The van der Waals surface area contributed by atoms with Crippen LogP contribution in [0.15, 0.2) is 27.1 Å². The highest BCUT2D eigenvalue weighted by molar-refractivity contribution is 9.11. The van der Waals surface area contributed by atoms with Gasteiger partial charge in [-0.2, -0.15) is 0 Å². The Balaban J connectivity index is 2.19. The molecule has 0 heterocycles. The summed E-state index contributed by atoms with van der Waals surface area (Å²) in [5.74, 6) is -0.107. The molecule has 1 amide bonds. The summed E-state index contributed by atoms with van der Waals surface area (Å²) in [4.78, 5) is 12.6. The number of carbonyl (C=O) groups is 1. The van der Waals surface area contributed by atoms with Crippen molar-refractivity contribution in [2.24, 2.45) is 11.1 Å². The fourth-order valence-corrected chi connectivity index (χ4v) is 3.39. The van der Waals surface area contributed by atoms with Gasteiger partial charge in [0.1, 0.15) is 0 Å². The maximum absolute atomic E-state index is 12.3. The van der Waals surface area contributed by atoms with Crippen LogP contribution in [0.4, 0.5) is 5.69 Å². The second-order valence-corrected chi connectivity index (χ2v) is 6.59. The van der Waals surface area contributed by atoms with E-state index < -0.39 is 5.41 Å². The number of anilines is 1. The molecule has 1 aromatic carbocycles. The first-order chi connectivity index (χ1) is 8.45. The van der Waals surface area contributed by atoms with E-state index in [-0.39, 0.29) is 5.91 Å². The minimum Gasteiger partial charge on any atom is -0.392 e. The first-order valence-electron chi connectivity index (χ1n) is 5.52. The van der Waals surface area contributed by atoms with Crippen LogP contribution >= 0.6 is 44.1 Å². The molecule has 18 heavy (non-hydrogen) atoms. The van der Waals surface area contributed by atoms with Gasteiger partial charge in [0, 0.05) is 8.95 Å². The zero-order valence-electron chi connectivity index (χ0n) is 9.50. The molecule has 0 spiro atoms. The summed E-state index contributed by atoms with van der Waals surface area (Å²) < 4.78 is 1.77. The monoisotopic (exact) mass is 390 g/mol. The average molecular weight is 392 g/mol. The van der Waals surface area contributed by atoms with Crippen LogP contribution in [0.25, 0.3) is 0 Å². The van der Waals surface area contributed by atoms with Crippen LogP contribution < -0.4 is 11.1 Å². The van der Waals surface area contributed by atoms with Gasteiger partial charge in [-0.05, 0) is 47.0 Å². The first kappa shape index (κ1) is 14.0. The van der Waals surface area contributed by atoms with E-state index in [2.05, 4.69) is 37.2 Å². The Morgan fingerprint density at radius 1 is 1.39 bits per heavy atom. The molecular formula is C12H12Br2N2OS. The smallest absolute Gasteiger partial charge is 0.237 e. The van der Waals surface area contributed by atoms with Crippen molar-refractivity contribution in [3.05, 3.63) is 27.1 Å². The van der Waals surface area contributed by atoms with Crippen molar-refractivity contribution in [3.63, 3.8) is 0 Å². The fraction of sp³-hybridized carbons (Fsp3) is 0.333. The molecule has 0 unspecified atom stereocenters. The van der Waals surface area contributed by atoms with E-state index in [9.17, 15) is 4.79 Å². The lowest BCUT2D eigenvalue weighted by molar-refractivity contribution is -0.125. The number of nitrogens with one attached hydrogen (secondary N) is 1. The van der Waals surface area contributed by atoms with Crippen molar-refractivity contribution >= 4 is 60.7 Å². The maximum Gasteiger partial charge on any atom is 0.237 e. The Labute approximate surface area is 128 Å². The molecule has 1 aliphatic rings. The lowest BCUT2D eigenvalue weighted by Gasteiger charge is -2.39. The second-order valence-electron chi connectivity index (χ2n) is 4.38. The van der Waals surface area contributed by atoms with Gasteiger partial charge in [-0.15, -0.1) is 0 Å². The molecule has 3 N–H and O–H groups in total. The Hall–Kier alpha value is -0.460. The number of benzene rings is 1. The molecule has 2 rings (SSSR count). The van der Waals surface area contributed by atoms with Crippen LogP contribution in [0.1, 0.15) is 19.3 Å².